The van der Waals surface area contributed by atoms with E-state index in [9.17, 15) is 0 Å². The Balaban J connectivity index is 2.00. The minimum Gasteiger partial charge on any atom is -0.380 e. The largest absolute Gasteiger partial charge is 0.380 e. The lowest BCUT2D eigenvalue weighted by Gasteiger charge is -2.20. The fourth-order valence-corrected chi connectivity index (χ4v) is 2.09. The summed E-state index contributed by atoms with van der Waals surface area (Å²) in [5, 5.41) is 3.31. The van der Waals surface area contributed by atoms with Crippen molar-refractivity contribution in [3.05, 3.63) is 23.9 Å². The zero-order chi connectivity index (χ0) is 11.9. The highest BCUT2D eigenvalue weighted by molar-refractivity contribution is 5.43. The van der Waals surface area contributed by atoms with Crippen LogP contribution in [0.1, 0.15) is 18.9 Å². The molecular formula is C13H21N3O. The predicted molar refractivity (Wildman–Crippen MR) is 69.1 cm³/mol. The van der Waals surface area contributed by atoms with Crippen molar-refractivity contribution in [3.63, 3.8) is 0 Å². The van der Waals surface area contributed by atoms with Crippen molar-refractivity contribution in [2.75, 3.05) is 38.2 Å². The molecule has 0 aliphatic carbocycles. The van der Waals surface area contributed by atoms with Gasteiger partial charge in [-0.1, -0.05) is 6.07 Å². The van der Waals surface area contributed by atoms with Gasteiger partial charge in [0.05, 0.1) is 6.61 Å². The minimum absolute atomic E-state index is 0.844. The number of hydrogen-bond donors (Lipinski definition) is 1. The fourth-order valence-electron chi connectivity index (χ4n) is 2.09. The first-order valence-corrected chi connectivity index (χ1v) is 6.38. The highest BCUT2D eigenvalue weighted by atomic mass is 16.5. The molecule has 0 bridgehead atoms. The topological polar surface area (TPSA) is 37.4 Å². The lowest BCUT2D eigenvalue weighted by Crippen LogP contribution is -2.26. The zero-order valence-corrected chi connectivity index (χ0v) is 10.5. The van der Waals surface area contributed by atoms with Crippen LogP contribution in [0.2, 0.25) is 0 Å². The molecule has 0 aromatic carbocycles. The van der Waals surface area contributed by atoms with Gasteiger partial charge in [-0.25, -0.2) is 4.98 Å². The normalized spacial score (nSPS) is 17.7. The first kappa shape index (κ1) is 12.3. The van der Waals surface area contributed by atoms with E-state index in [1.807, 2.05) is 12.3 Å². The lowest BCUT2D eigenvalue weighted by atomic mass is 10.2. The number of nitrogens with one attached hydrogen (secondary N) is 1. The van der Waals surface area contributed by atoms with Crippen molar-refractivity contribution in [2.24, 2.45) is 0 Å². The van der Waals surface area contributed by atoms with Crippen LogP contribution >= 0.6 is 0 Å². The molecule has 0 saturated carbocycles. The van der Waals surface area contributed by atoms with Gasteiger partial charge in [-0.2, -0.15) is 0 Å². The van der Waals surface area contributed by atoms with Crippen LogP contribution in [-0.4, -0.2) is 42.7 Å². The molecule has 1 aromatic heterocycles. The molecule has 2 heterocycles. The molecule has 1 saturated heterocycles. The molecule has 0 spiro atoms. The quantitative estimate of drug-likeness (QED) is 0.862. The molecule has 1 aliphatic heterocycles. The molecule has 2 rings (SSSR count). The smallest absolute Gasteiger partial charge is 0.130 e. The van der Waals surface area contributed by atoms with Gasteiger partial charge >= 0.3 is 0 Å². The van der Waals surface area contributed by atoms with Gasteiger partial charge in [-0.3, -0.25) is 4.90 Å². The third-order valence-corrected chi connectivity index (χ3v) is 2.94. The summed E-state index contributed by atoms with van der Waals surface area (Å²) in [5.74, 6) is 1.01. The lowest BCUT2D eigenvalue weighted by molar-refractivity contribution is 0.140. The van der Waals surface area contributed by atoms with E-state index in [-0.39, 0.29) is 0 Å². The van der Waals surface area contributed by atoms with Gasteiger partial charge in [-0.15, -0.1) is 0 Å². The van der Waals surface area contributed by atoms with Crippen LogP contribution in [0.5, 0.6) is 0 Å². The summed E-state index contributed by atoms with van der Waals surface area (Å²) in [5.41, 5.74) is 1.27. The highest BCUT2D eigenvalue weighted by Crippen LogP contribution is 2.14. The Kier molecular flexibility index (Phi) is 4.76. The van der Waals surface area contributed by atoms with Crippen molar-refractivity contribution in [3.8, 4) is 0 Å². The molecule has 0 amide bonds. The fraction of sp³-hybridized carbons (Fsp3) is 0.615. The van der Waals surface area contributed by atoms with Gasteiger partial charge in [0.2, 0.25) is 0 Å². The molecule has 1 aromatic rings. The van der Waals surface area contributed by atoms with E-state index >= 15 is 0 Å². The van der Waals surface area contributed by atoms with Gasteiger partial charge in [0.1, 0.15) is 5.82 Å². The van der Waals surface area contributed by atoms with E-state index in [1.54, 1.807) is 0 Å². The number of hydrogen-bond acceptors (Lipinski definition) is 4. The second-order valence-electron chi connectivity index (χ2n) is 4.28. The molecule has 1 N–H and O–H groups in total. The van der Waals surface area contributed by atoms with Gasteiger partial charge in [0, 0.05) is 44.5 Å². The Morgan fingerprint density at radius 2 is 2.35 bits per heavy atom. The van der Waals surface area contributed by atoms with Gasteiger partial charge in [0.25, 0.3) is 0 Å². The van der Waals surface area contributed by atoms with Crippen LogP contribution in [0.4, 0.5) is 5.82 Å². The molecule has 1 aliphatic rings. The summed E-state index contributed by atoms with van der Waals surface area (Å²) in [6.07, 6.45) is 2.96. The number of aromatic nitrogens is 1. The van der Waals surface area contributed by atoms with E-state index in [2.05, 4.69) is 28.2 Å². The first-order chi connectivity index (χ1) is 8.40. The molecule has 17 heavy (non-hydrogen) atoms. The van der Waals surface area contributed by atoms with Gasteiger partial charge < -0.3 is 10.1 Å². The minimum atomic E-state index is 0.844. The summed E-state index contributed by atoms with van der Waals surface area (Å²) in [6, 6.07) is 4.15. The average Bonchev–Trinajstić information content (AvgIpc) is 2.61. The van der Waals surface area contributed by atoms with Crippen LogP contribution in [0, 0.1) is 0 Å². The Morgan fingerprint density at radius 3 is 3.24 bits per heavy atom. The maximum Gasteiger partial charge on any atom is 0.130 e. The highest BCUT2D eigenvalue weighted by Gasteiger charge is 2.11. The van der Waals surface area contributed by atoms with Crippen LogP contribution in [0.15, 0.2) is 18.3 Å². The summed E-state index contributed by atoms with van der Waals surface area (Å²) in [4.78, 5) is 6.82. The van der Waals surface area contributed by atoms with Crippen LogP contribution in [-0.2, 0) is 11.3 Å². The SMILES string of the molecule is CCNc1ncccc1CN1CCCOCC1. The Morgan fingerprint density at radius 1 is 1.41 bits per heavy atom. The summed E-state index contributed by atoms with van der Waals surface area (Å²) < 4.78 is 5.47. The second-order valence-corrected chi connectivity index (χ2v) is 4.28. The molecule has 0 radical (unpaired) electrons. The number of pyridine rings is 1. The second kappa shape index (κ2) is 6.57. The predicted octanol–water partition coefficient (Wildman–Crippen LogP) is 1.74. The van der Waals surface area contributed by atoms with Crippen molar-refractivity contribution in [2.45, 2.75) is 19.9 Å². The standard InChI is InChI=1S/C13H21N3O/c1-2-14-13-12(5-3-6-15-13)11-16-7-4-9-17-10-8-16/h3,5-6H,2,4,7-11H2,1H3,(H,14,15). The summed E-state index contributed by atoms with van der Waals surface area (Å²) >= 11 is 0. The molecule has 4 nitrogen and oxygen atoms in total. The van der Waals surface area contributed by atoms with Crippen molar-refractivity contribution in [1.29, 1.82) is 0 Å². The van der Waals surface area contributed by atoms with E-state index in [0.717, 1.165) is 51.6 Å². The van der Waals surface area contributed by atoms with Crippen LogP contribution < -0.4 is 5.32 Å². The van der Waals surface area contributed by atoms with Crippen molar-refractivity contribution >= 4 is 5.82 Å². The number of rotatable bonds is 4. The number of anilines is 1. The third-order valence-electron chi connectivity index (χ3n) is 2.94. The molecule has 4 heteroatoms. The maximum atomic E-state index is 5.47. The molecule has 94 valence electrons. The van der Waals surface area contributed by atoms with Crippen molar-refractivity contribution in [1.82, 2.24) is 9.88 Å². The molecule has 1 fully saturated rings. The Labute approximate surface area is 103 Å². The van der Waals surface area contributed by atoms with E-state index in [0.29, 0.717) is 0 Å². The van der Waals surface area contributed by atoms with E-state index in [4.69, 9.17) is 4.74 Å². The summed E-state index contributed by atoms with van der Waals surface area (Å²) in [7, 11) is 0. The van der Waals surface area contributed by atoms with Crippen LogP contribution in [0.3, 0.4) is 0 Å². The van der Waals surface area contributed by atoms with E-state index in [1.165, 1.54) is 5.56 Å². The van der Waals surface area contributed by atoms with Crippen molar-refractivity contribution < 1.29 is 4.74 Å². The average molecular weight is 235 g/mol. The summed E-state index contributed by atoms with van der Waals surface area (Å²) in [6.45, 7) is 7.83. The van der Waals surface area contributed by atoms with E-state index < -0.39 is 0 Å². The Hall–Kier alpha value is -1.13. The van der Waals surface area contributed by atoms with Crippen LogP contribution in [0.25, 0.3) is 0 Å². The molecular weight excluding hydrogens is 214 g/mol. The molecule has 0 atom stereocenters. The van der Waals surface area contributed by atoms with Gasteiger partial charge in [0.15, 0.2) is 0 Å². The monoisotopic (exact) mass is 235 g/mol. The maximum absolute atomic E-state index is 5.47. The van der Waals surface area contributed by atoms with Gasteiger partial charge in [-0.05, 0) is 19.4 Å². The first-order valence-electron chi connectivity index (χ1n) is 6.38. The number of nitrogens with zero attached hydrogens (tertiary/aromatic N) is 2. The molecule has 0 unspecified atom stereocenters. The number of ether oxygens (including phenoxy) is 1. The Bertz CT molecular complexity index is 335. The zero-order valence-electron chi connectivity index (χ0n) is 10.5. The third kappa shape index (κ3) is 3.68.